The van der Waals surface area contributed by atoms with Crippen LogP contribution in [0.15, 0.2) is 30.3 Å². The number of esters is 1. The van der Waals surface area contributed by atoms with E-state index < -0.39 is 11.8 Å². The van der Waals surface area contributed by atoms with Crippen LogP contribution in [0, 0.1) is 5.82 Å². The van der Waals surface area contributed by atoms with Crippen LogP contribution in [0.3, 0.4) is 0 Å². The Balaban J connectivity index is 2.05. The lowest BCUT2D eigenvalue weighted by atomic mass is 10.2. The first kappa shape index (κ1) is 19.3. The van der Waals surface area contributed by atoms with E-state index in [0.717, 1.165) is 0 Å². The minimum Gasteiger partial charge on any atom is -0.493 e. The van der Waals surface area contributed by atoms with Crippen LogP contribution in [-0.4, -0.2) is 38.9 Å². The Kier molecular flexibility index (Phi) is 5.58. The summed E-state index contributed by atoms with van der Waals surface area (Å²) in [5, 5.41) is 3.78. The van der Waals surface area contributed by atoms with Crippen LogP contribution in [-0.2, 0) is 4.74 Å². The highest BCUT2D eigenvalue weighted by Gasteiger charge is 2.16. The van der Waals surface area contributed by atoms with Gasteiger partial charge in [-0.3, -0.25) is 0 Å². The number of anilines is 2. The summed E-state index contributed by atoms with van der Waals surface area (Å²) in [6.07, 6.45) is 0. The Labute approximate surface area is 161 Å². The van der Waals surface area contributed by atoms with Crippen molar-refractivity contribution in [3.05, 3.63) is 41.8 Å². The molecule has 0 saturated heterocycles. The molecule has 148 valence electrons. The van der Waals surface area contributed by atoms with Gasteiger partial charge in [-0.25, -0.2) is 9.18 Å². The highest BCUT2D eigenvalue weighted by molar-refractivity contribution is 6.00. The number of nitrogens with one attached hydrogen (secondary N) is 2. The molecule has 28 heavy (non-hydrogen) atoms. The van der Waals surface area contributed by atoms with Crippen molar-refractivity contribution in [3.63, 3.8) is 0 Å². The van der Waals surface area contributed by atoms with Crippen molar-refractivity contribution in [3.8, 4) is 17.2 Å². The number of methoxy groups -OCH3 is 3. The summed E-state index contributed by atoms with van der Waals surface area (Å²) in [7, 11) is 4.54. The van der Waals surface area contributed by atoms with Crippen LogP contribution in [0.1, 0.15) is 17.4 Å². The van der Waals surface area contributed by atoms with Crippen LogP contribution in [0.25, 0.3) is 10.9 Å². The Morgan fingerprint density at radius 1 is 1.04 bits per heavy atom. The fourth-order valence-electron chi connectivity index (χ4n) is 2.93. The third-order valence-electron chi connectivity index (χ3n) is 4.14. The van der Waals surface area contributed by atoms with Crippen LogP contribution in [0.2, 0.25) is 0 Å². The predicted molar refractivity (Wildman–Crippen MR) is 104 cm³/mol. The third-order valence-corrected chi connectivity index (χ3v) is 4.14. The number of fused-ring (bicyclic) bond motifs is 1. The normalized spacial score (nSPS) is 10.6. The van der Waals surface area contributed by atoms with E-state index in [9.17, 15) is 9.18 Å². The topological polar surface area (TPSA) is 81.8 Å². The number of aromatic nitrogens is 1. The maximum Gasteiger partial charge on any atom is 0.354 e. The average molecular weight is 388 g/mol. The number of hydrogen-bond donors (Lipinski definition) is 2. The average Bonchev–Trinajstić information content (AvgIpc) is 3.11. The molecule has 0 radical (unpaired) electrons. The molecule has 0 saturated carbocycles. The number of carbonyl (C=O) groups is 1. The molecule has 0 aliphatic carbocycles. The van der Waals surface area contributed by atoms with Crippen LogP contribution in [0.4, 0.5) is 15.8 Å². The summed E-state index contributed by atoms with van der Waals surface area (Å²) in [5.41, 5.74) is 1.78. The van der Waals surface area contributed by atoms with Crippen molar-refractivity contribution in [2.75, 3.05) is 33.3 Å². The molecule has 0 bridgehead atoms. The summed E-state index contributed by atoms with van der Waals surface area (Å²) >= 11 is 0. The quantitative estimate of drug-likeness (QED) is 0.589. The minimum absolute atomic E-state index is 0.246. The molecule has 1 heterocycles. The molecule has 0 aliphatic heterocycles. The van der Waals surface area contributed by atoms with E-state index >= 15 is 0 Å². The zero-order valence-electron chi connectivity index (χ0n) is 16.0. The van der Waals surface area contributed by atoms with Crippen molar-refractivity contribution in [1.82, 2.24) is 4.98 Å². The largest absolute Gasteiger partial charge is 0.493 e. The standard InChI is InChI=1S/C20H21FN2O5/c1-5-28-20(24)16-10-13-14(6-11(21)7-15(13)23-16)22-12-8-17(25-2)19(27-4)18(9-12)26-3/h6-10,22-23H,5H2,1-4H3. The smallest absolute Gasteiger partial charge is 0.354 e. The van der Waals surface area contributed by atoms with Gasteiger partial charge in [-0.05, 0) is 25.1 Å². The molecule has 8 heteroatoms. The third kappa shape index (κ3) is 3.66. The van der Waals surface area contributed by atoms with Gasteiger partial charge in [-0.2, -0.15) is 0 Å². The van der Waals surface area contributed by atoms with Crippen LogP contribution >= 0.6 is 0 Å². The predicted octanol–water partition coefficient (Wildman–Crippen LogP) is 4.25. The number of halogens is 1. The second-order valence-corrected chi connectivity index (χ2v) is 5.86. The maximum absolute atomic E-state index is 14.1. The van der Waals surface area contributed by atoms with Crippen LogP contribution < -0.4 is 19.5 Å². The Morgan fingerprint density at radius 2 is 1.71 bits per heavy atom. The Hall–Kier alpha value is -3.42. The fourth-order valence-corrected chi connectivity index (χ4v) is 2.93. The highest BCUT2D eigenvalue weighted by Crippen LogP contribution is 2.41. The number of carbonyl (C=O) groups excluding carboxylic acids is 1. The molecule has 7 nitrogen and oxygen atoms in total. The van der Waals surface area contributed by atoms with Crippen molar-refractivity contribution in [2.45, 2.75) is 6.92 Å². The summed E-state index contributed by atoms with van der Waals surface area (Å²) in [6.45, 7) is 1.97. The lowest BCUT2D eigenvalue weighted by Gasteiger charge is -2.15. The van der Waals surface area contributed by atoms with E-state index in [1.54, 1.807) is 25.1 Å². The van der Waals surface area contributed by atoms with E-state index in [0.29, 0.717) is 39.5 Å². The summed E-state index contributed by atoms with van der Waals surface area (Å²) < 4.78 is 35.1. The number of H-pyrrole nitrogens is 1. The molecule has 2 aromatic carbocycles. The van der Waals surface area contributed by atoms with Gasteiger partial charge in [-0.15, -0.1) is 0 Å². The van der Waals surface area contributed by atoms with Gasteiger partial charge in [0.05, 0.1) is 39.1 Å². The van der Waals surface area contributed by atoms with Gasteiger partial charge >= 0.3 is 5.97 Å². The van der Waals surface area contributed by atoms with E-state index in [1.807, 2.05) is 0 Å². The number of ether oxygens (including phenoxy) is 4. The van der Waals surface area contributed by atoms with E-state index in [2.05, 4.69) is 10.3 Å². The van der Waals surface area contributed by atoms with Gasteiger partial charge < -0.3 is 29.2 Å². The van der Waals surface area contributed by atoms with Gasteiger partial charge in [0.25, 0.3) is 0 Å². The monoisotopic (exact) mass is 388 g/mol. The molecule has 0 fully saturated rings. The Morgan fingerprint density at radius 3 is 2.29 bits per heavy atom. The van der Waals surface area contributed by atoms with Gasteiger partial charge in [0.15, 0.2) is 11.5 Å². The molecule has 2 N–H and O–H groups in total. The minimum atomic E-state index is -0.502. The second kappa shape index (κ2) is 8.08. The molecule has 1 aromatic heterocycles. The lowest BCUT2D eigenvalue weighted by Crippen LogP contribution is -2.04. The number of aromatic amines is 1. The molecule has 0 amide bonds. The molecular weight excluding hydrogens is 367 g/mol. The second-order valence-electron chi connectivity index (χ2n) is 5.86. The first-order valence-corrected chi connectivity index (χ1v) is 8.57. The molecule has 0 aliphatic rings. The van der Waals surface area contributed by atoms with Crippen molar-refractivity contribution in [2.24, 2.45) is 0 Å². The van der Waals surface area contributed by atoms with Crippen molar-refractivity contribution in [1.29, 1.82) is 0 Å². The number of benzene rings is 2. The van der Waals surface area contributed by atoms with E-state index in [4.69, 9.17) is 18.9 Å². The van der Waals surface area contributed by atoms with Gasteiger partial charge in [0.1, 0.15) is 11.5 Å². The first-order valence-electron chi connectivity index (χ1n) is 8.57. The molecule has 3 rings (SSSR count). The van der Waals surface area contributed by atoms with E-state index in [-0.39, 0.29) is 12.3 Å². The molecule has 3 aromatic rings. The van der Waals surface area contributed by atoms with Gasteiger partial charge in [0.2, 0.25) is 5.75 Å². The molecule has 0 atom stereocenters. The maximum atomic E-state index is 14.1. The summed E-state index contributed by atoms with van der Waals surface area (Å²) in [5.74, 6) is 0.403. The van der Waals surface area contributed by atoms with Gasteiger partial charge in [-0.1, -0.05) is 0 Å². The number of rotatable bonds is 7. The summed E-state index contributed by atoms with van der Waals surface area (Å²) in [4.78, 5) is 14.9. The zero-order chi connectivity index (χ0) is 20.3. The first-order chi connectivity index (χ1) is 13.5. The Bertz CT molecular complexity index is 990. The van der Waals surface area contributed by atoms with Crippen LogP contribution in [0.5, 0.6) is 17.2 Å². The van der Waals surface area contributed by atoms with Crippen molar-refractivity contribution < 1.29 is 28.1 Å². The molecule has 0 unspecified atom stereocenters. The van der Waals surface area contributed by atoms with E-state index in [1.165, 1.54) is 33.5 Å². The number of hydrogen-bond acceptors (Lipinski definition) is 6. The highest BCUT2D eigenvalue weighted by atomic mass is 19.1. The molecule has 0 spiro atoms. The summed E-state index contributed by atoms with van der Waals surface area (Å²) in [6, 6.07) is 7.69. The van der Waals surface area contributed by atoms with Gasteiger partial charge in [0, 0.05) is 23.2 Å². The zero-order valence-corrected chi connectivity index (χ0v) is 16.0. The van der Waals surface area contributed by atoms with Crippen molar-refractivity contribution >= 4 is 28.2 Å². The lowest BCUT2D eigenvalue weighted by molar-refractivity contribution is 0.0520. The SMILES string of the molecule is CCOC(=O)c1cc2c(Nc3cc(OC)c(OC)c(OC)c3)cc(F)cc2[nH]1. The molecular formula is C20H21FN2O5. The fraction of sp³-hybridized carbons (Fsp3) is 0.250.